The molecule has 15 heavy (non-hydrogen) atoms. The molecule has 0 amide bonds. The number of rotatable bonds is 5. The van der Waals surface area contributed by atoms with E-state index in [1.807, 2.05) is 4.68 Å². The molecule has 3 nitrogen and oxygen atoms in total. The van der Waals surface area contributed by atoms with E-state index in [2.05, 4.69) is 25.0 Å². The van der Waals surface area contributed by atoms with Crippen molar-refractivity contribution < 1.29 is 5.11 Å². The molecule has 84 valence electrons. The minimum absolute atomic E-state index is 0.315. The van der Waals surface area contributed by atoms with Crippen LogP contribution in [-0.4, -0.2) is 14.9 Å². The molecule has 1 aliphatic carbocycles. The van der Waals surface area contributed by atoms with Crippen LogP contribution >= 0.6 is 0 Å². The Morgan fingerprint density at radius 3 is 2.80 bits per heavy atom. The first kappa shape index (κ1) is 10.7. The van der Waals surface area contributed by atoms with Gasteiger partial charge in [0.25, 0.3) is 0 Å². The third kappa shape index (κ3) is 2.40. The van der Waals surface area contributed by atoms with Gasteiger partial charge in [-0.05, 0) is 31.7 Å². The highest BCUT2D eigenvalue weighted by Crippen LogP contribution is 2.37. The number of aromatic nitrogens is 2. The summed E-state index contributed by atoms with van der Waals surface area (Å²) < 4.78 is 1.94. The van der Waals surface area contributed by atoms with Crippen LogP contribution in [0.1, 0.15) is 50.6 Å². The highest BCUT2D eigenvalue weighted by Gasteiger charge is 2.26. The summed E-state index contributed by atoms with van der Waals surface area (Å²) in [4.78, 5) is 0. The Morgan fingerprint density at radius 1 is 1.53 bits per heavy atom. The van der Waals surface area contributed by atoms with Crippen LogP contribution in [0.3, 0.4) is 0 Å². The number of aliphatic hydroxyl groups excluding tert-OH is 1. The number of hydrogen-bond donors (Lipinski definition) is 1. The van der Waals surface area contributed by atoms with E-state index >= 15 is 0 Å². The molecule has 1 saturated carbocycles. The van der Waals surface area contributed by atoms with Crippen LogP contribution in [0.2, 0.25) is 0 Å². The molecule has 1 fully saturated rings. The highest BCUT2D eigenvalue weighted by atomic mass is 16.3. The molecule has 0 radical (unpaired) electrons. The van der Waals surface area contributed by atoms with E-state index in [1.54, 1.807) is 0 Å². The Balaban J connectivity index is 2.12. The van der Waals surface area contributed by atoms with Crippen molar-refractivity contribution >= 4 is 0 Å². The molecule has 3 heteroatoms. The van der Waals surface area contributed by atoms with Crippen LogP contribution in [0.4, 0.5) is 0 Å². The highest BCUT2D eigenvalue weighted by molar-refractivity contribution is 5.13. The summed E-state index contributed by atoms with van der Waals surface area (Å²) in [5.74, 6) is 0.755. The Hall–Kier alpha value is -0.830. The molecule has 1 atom stereocenters. The predicted molar refractivity (Wildman–Crippen MR) is 59.6 cm³/mol. The van der Waals surface area contributed by atoms with Crippen LogP contribution in [-0.2, 0) is 13.0 Å². The van der Waals surface area contributed by atoms with Crippen molar-refractivity contribution in [2.24, 2.45) is 5.92 Å². The van der Waals surface area contributed by atoms with Gasteiger partial charge in [0.15, 0.2) is 0 Å². The normalized spacial score (nSPS) is 18.1. The number of aryl methyl sites for hydroxylation is 2. The first-order chi connectivity index (χ1) is 7.24. The molecule has 2 rings (SSSR count). The summed E-state index contributed by atoms with van der Waals surface area (Å²) in [5.41, 5.74) is 2.09. The molecule has 0 bridgehead atoms. The first-order valence-electron chi connectivity index (χ1n) is 5.99. The standard InChI is InChI=1S/C12H20N2O/c1-3-10-8-11(14(4-2)13-10)12(15)7-9-5-6-9/h8-9,12,15H,3-7H2,1-2H3. The maximum Gasteiger partial charge on any atom is 0.0959 e. The minimum atomic E-state index is -0.315. The van der Waals surface area contributed by atoms with Gasteiger partial charge in [-0.1, -0.05) is 19.8 Å². The lowest BCUT2D eigenvalue weighted by Crippen LogP contribution is -2.08. The Morgan fingerprint density at radius 2 is 2.27 bits per heavy atom. The largest absolute Gasteiger partial charge is 0.387 e. The van der Waals surface area contributed by atoms with E-state index in [4.69, 9.17) is 0 Å². The van der Waals surface area contributed by atoms with Gasteiger partial charge in [0, 0.05) is 6.54 Å². The van der Waals surface area contributed by atoms with Crippen molar-refractivity contribution in [3.63, 3.8) is 0 Å². The fraction of sp³-hybridized carbons (Fsp3) is 0.750. The van der Waals surface area contributed by atoms with Crippen molar-refractivity contribution in [2.45, 2.75) is 52.2 Å². The van der Waals surface area contributed by atoms with E-state index in [1.165, 1.54) is 12.8 Å². The molecule has 0 saturated heterocycles. The molecule has 0 aliphatic heterocycles. The van der Waals surface area contributed by atoms with E-state index in [-0.39, 0.29) is 6.10 Å². The fourth-order valence-electron chi connectivity index (χ4n) is 1.97. The summed E-state index contributed by atoms with van der Waals surface area (Å²) in [6.07, 6.45) is 4.12. The van der Waals surface area contributed by atoms with Gasteiger partial charge < -0.3 is 5.11 Å². The van der Waals surface area contributed by atoms with Crippen molar-refractivity contribution in [1.29, 1.82) is 0 Å². The topological polar surface area (TPSA) is 38.0 Å². The Labute approximate surface area is 91.1 Å². The quantitative estimate of drug-likeness (QED) is 0.806. The molecule has 1 N–H and O–H groups in total. The van der Waals surface area contributed by atoms with Crippen LogP contribution in [0.5, 0.6) is 0 Å². The SMILES string of the molecule is CCc1cc(C(O)CC2CC2)n(CC)n1. The smallest absolute Gasteiger partial charge is 0.0959 e. The summed E-state index contributed by atoms with van der Waals surface area (Å²) in [7, 11) is 0. The monoisotopic (exact) mass is 208 g/mol. The summed E-state index contributed by atoms with van der Waals surface area (Å²) in [5, 5.41) is 14.5. The van der Waals surface area contributed by atoms with E-state index in [9.17, 15) is 5.11 Å². The Bertz CT molecular complexity index is 328. The molecular formula is C12H20N2O. The van der Waals surface area contributed by atoms with Gasteiger partial charge in [-0.2, -0.15) is 5.10 Å². The predicted octanol–water partition coefficient (Wildman–Crippen LogP) is 2.30. The average molecular weight is 208 g/mol. The van der Waals surface area contributed by atoms with Crippen molar-refractivity contribution in [3.8, 4) is 0 Å². The Kier molecular flexibility index (Phi) is 3.10. The van der Waals surface area contributed by atoms with Crippen LogP contribution in [0.15, 0.2) is 6.07 Å². The van der Waals surface area contributed by atoms with Gasteiger partial charge in [-0.15, -0.1) is 0 Å². The lowest BCUT2D eigenvalue weighted by molar-refractivity contribution is 0.149. The lowest BCUT2D eigenvalue weighted by atomic mass is 10.1. The maximum atomic E-state index is 10.1. The molecule has 1 aliphatic rings. The van der Waals surface area contributed by atoms with Gasteiger partial charge in [0.2, 0.25) is 0 Å². The average Bonchev–Trinajstić information content (AvgIpc) is 2.95. The number of nitrogens with zero attached hydrogens (tertiary/aromatic N) is 2. The molecule has 1 unspecified atom stereocenters. The summed E-state index contributed by atoms with van der Waals surface area (Å²) in [6.45, 7) is 5.01. The second-order valence-electron chi connectivity index (χ2n) is 4.42. The molecule has 0 spiro atoms. The molecular weight excluding hydrogens is 188 g/mol. The lowest BCUT2D eigenvalue weighted by Gasteiger charge is -2.11. The number of hydrogen-bond acceptors (Lipinski definition) is 2. The van der Waals surface area contributed by atoms with Gasteiger partial charge in [0.05, 0.1) is 17.5 Å². The van der Waals surface area contributed by atoms with Crippen LogP contribution < -0.4 is 0 Å². The van der Waals surface area contributed by atoms with Gasteiger partial charge in [-0.3, -0.25) is 4.68 Å². The molecule has 1 heterocycles. The maximum absolute atomic E-state index is 10.1. The van der Waals surface area contributed by atoms with E-state index < -0.39 is 0 Å². The second kappa shape index (κ2) is 4.35. The van der Waals surface area contributed by atoms with Crippen molar-refractivity contribution in [3.05, 3.63) is 17.5 Å². The summed E-state index contributed by atoms with van der Waals surface area (Å²) >= 11 is 0. The fourth-order valence-corrected chi connectivity index (χ4v) is 1.97. The molecule has 0 aromatic carbocycles. The third-order valence-corrected chi connectivity index (χ3v) is 3.12. The molecule has 1 aromatic rings. The zero-order chi connectivity index (χ0) is 10.8. The van der Waals surface area contributed by atoms with Gasteiger partial charge in [0.1, 0.15) is 0 Å². The van der Waals surface area contributed by atoms with E-state index in [0.29, 0.717) is 0 Å². The minimum Gasteiger partial charge on any atom is -0.387 e. The van der Waals surface area contributed by atoms with Gasteiger partial charge in [-0.25, -0.2) is 0 Å². The van der Waals surface area contributed by atoms with Gasteiger partial charge >= 0.3 is 0 Å². The summed E-state index contributed by atoms with van der Waals surface area (Å²) in [6, 6.07) is 2.05. The molecule has 1 aromatic heterocycles. The van der Waals surface area contributed by atoms with E-state index in [0.717, 1.165) is 36.7 Å². The first-order valence-corrected chi connectivity index (χ1v) is 5.99. The van der Waals surface area contributed by atoms with Crippen LogP contribution in [0, 0.1) is 5.92 Å². The number of aliphatic hydroxyl groups is 1. The second-order valence-corrected chi connectivity index (χ2v) is 4.42. The zero-order valence-corrected chi connectivity index (χ0v) is 9.61. The van der Waals surface area contributed by atoms with Crippen molar-refractivity contribution in [2.75, 3.05) is 0 Å². The van der Waals surface area contributed by atoms with Crippen LogP contribution in [0.25, 0.3) is 0 Å². The third-order valence-electron chi connectivity index (χ3n) is 3.12. The van der Waals surface area contributed by atoms with Crippen molar-refractivity contribution in [1.82, 2.24) is 9.78 Å². The zero-order valence-electron chi connectivity index (χ0n) is 9.61.